The van der Waals surface area contributed by atoms with Gasteiger partial charge in [-0.05, 0) is 340 Å². The number of H-pyrrole nitrogens is 1. The Bertz CT molecular complexity index is 7380. The van der Waals surface area contributed by atoms with Gasteiger partial charge in [-0.2, -0.15) is 41.6 Å². The summed E-state index contributed by atoms with van der Waals surface area (Å²) in [4.78, 5) is 62.4. The first kappa shape index (κ1) is 109. The van der Waals surface area contributed by atoms with Crippen molar-refractivity contribution in [3.8, 4) is 65.1 Å². The van der Waals surface area contributed by atoms with Crippen LogP contribution in [0.15, 0.2) is 146 Å². The number of halogens is 10. The van der Waals surface area contributed by atoms with E-state index in [1.54, 1.807) is 42.5 Å². The molecule has 6 aliphatic rings. The largest absolute Gasteiger partial charge is 0.479 e. The Balaban J connectivity index is 0.000000143. The van der Waals surface area contributed by atoms with Crippen molar-refractivity contribution in [1.29, 1.82) is 0 Å². The van der Waals surface area contributed by atoms with Crippen LogP contribution in [0.4, 0.5) is 26.3 Å². The van der Waals surface area contributed by atoms with Gasteiger partial charge < -0.3 is 43.0 Å². The third-order valence-electron chi connectivity index (χ3n) is 28.0. The molecule has 0 bridgehead atoms. The molecule has 0 spiro atoms. The first-order chi connectivity index (χ1) is 71.1. The number of aliphatic carboxylic acids is 1. The summed E-state index contributed by atoms with van der Waals surface area (Å²) in [5.41, 5.74) is 17.0. The highest BCUT2D eigenvalue weighted by molar-refractivity contribution is 14.1. The summed E-state index contributed by atoms with van der Waals surface area (Å²) < 4.78 is 126. The van der Waals surface area contributed by atoms with Gasteiger partial charge >= 0.3 is 31.0 Å². The van der Waals surface area contributed by atoms with Crippen molar-refractivity contribution in [1.82, 2.24) is 59.4 Å². The maximum absolute atomic E-state index is 14.3. The molecule has 0 aliphatic carbocycles. The normalized spacial score (nSPS) is 17.1. The second-order valence-corrected chi connectivity index (χ2v) is 46.8. The number of aromatic amines is 1. The van der Waals surface area contributed by atoms with Crippen LogP contribution in [0.1, 0.15) is 214 Å². The topological polar surface area (TPSA) is 258 Å². The van der Waals surface area contributed by atoms with E-state index in [2.05, 4.69) is 59.4 Å². The predicted octanol–water partition coefficient (Wildman–Crippen LogP) is 28.3. The molecule has 37 heteroatoms. The van der Waals surface area contributed by atoms with Crippen molar-refractivity contribution in [2.24, 2.45) is 0 Å². The van der Waals surface area contributed by atoms with Gasteiger partial charge in [0.15, 0.2) is 18.3 Å². The summed E-state index contributed by atoms with van der Waals surface area (Å²) in [5.74, 6) is -1.39. The fourth-order valence-corrected chi connectivity index (χ4v) is 24.5. The third kappa shape index (κ3) is 24.3. The quantitative estimate of drug-likeness (QED) is 0.0233. The summed E-state index contributed by atoms with van der Waals surface area (Å²) >= 11 is 24.4. The SMILES string of the molecule is CCOC(=O)[C@@H](OC(C)(C)C)c1c(C)cc2nc(-c3ccc4c(c3)c(C3CCN(C5COC5)CC3)nn4C(F)F)sc2c1-c1ccc(Cl)cc1.CCOC(=O)[C@@H](OC(C)(C)C)c1c(C)cc2nc(-c3ccc4n[nH]c(C5CCN(C6COC6)CC5)c4c3)sc2c1-c1ccc(Cl)cc1.Cc1cc2nc(-c3ccc4c(c3)c(C3CCN(C5COC5)CC3)nn4C(F)F)sc2c(-c2ccc(Cl)cc2)c1[C@H](OC(C)(C)C)C(=O)O.FC(F)I. The zero-order valence-corrected chi connectivity index (χ0v) is 92.2. The third-order valence-corrected chi connectivity index (χ3v) is 32.1. The van der Waals surface area contributed by atoms with E-state index in [1.807, 2.05) is 187 Å². The smallest absolute Gasteiger partial charge is 0.339 e. The van der Waals surface area contributed by atoms with Gasteiger partial charge in [0.1, 0.15) is 15.0 Å². The molecule has 15 aromatic rings. The number of carboxylic acids is 1. The molecule has 2 N–H and O–H groups in total. The zero-order chi connectivity index (χ0) is 106. The molecule has 0 saturated carbocycles. The minimum absolute atomic E-state index is 0.0628. The van der Waals surface area contributed by atoms with Gasteiger partial charge in [-0.25, -0.2) is 38.7 Å². The average Bonchev–Trinajstić information content (AvgIpc) is 1.64. The monoisotopic (exact) mass is 2270 g/mol. The summed E-state index contributed by atoms with van der Waals surface area (Å²) in [7, 11) is 0. The van der Waals surface area contributed by atoms with Gasteiger partial charge in [-0.15, -0.1) is 34.0 Å². The maximum Gasteiger partial charge on any atom is 0.339 e. The fourth-order valence-electron chi connectivity index (χ4n) is 20.8. The van der Waals surface area contributed by atoms with Gasteiger partial charge in [0, 0.05) is 105 Å². The van der Waals surface area contributed by atoms with Crippen LogP contribution in [0, 0.1) is 20.8 Å². The summed E-state index contributed by atoms with van der Waals surface area (Å²) in [6.07, 6.45) is 2.45. The number of aromatic nitrogens is 9. The molecule has 0 radical (unpaired) electrons. The van der Waals surface area contributed by atoms with Crippen LogP contribution in [0.5, 0.6) is 0 Å². The number of benzene rings is 9. The number of likely N-dealkylation sites (tertiary alicyclic amines) is 3. The Labute approximate surface area is 901 Å². The highest BCUT2D eigenvalue weighted by Crippen LogP contribution is 2.52. The number of esters is 2. The first-order valence-electron chi connectivity index (χ1n) is 50.3. The number of carbonyl (C=O) groups is 3. The van der Waals surface area contributed by atoms with E-state index in [-0.39, 0.29) is 25.0 Å². The Hall–Kier alpha value is -9.71. The van der Waals surface area contributed by atoms with E-state index in [4.69, 9.17) is 87.6 Å². The van der Waals surface area contributed by atoms with E-state index in [0.29, 0.717) is 88.6 Å². The lowest BCUT2D eigenvalue weighted by Crippen LogP contribution is -2.51. The van der Waals surface area contributed by atoms with E-state index in [9.17, 15) is 45.8 Å². The van der Waals surface area contributed by atoms with Crippen molar-refractivity contribution in [3.63, 3.8) is 0 Å². The Morgan fingerprint density at radius 3 is 1.02 bits per heavy atom. The maximum atomic E-state index is 14.3. The molecule has 6 saturated heterocycles. The van der Waals surface area contributed by atoms with Crippen molar-refractivity contribution in [3.05, 3.63) is 211 Å². The van der Waals surface area contributed by atoms with Crippen molar-refractivity contribution >= 4 is 173 Å². The Kier molecular flexibility index (Phi) is 33.6. The number of nitrogens with zero attached hydrogens (tertiary/aromatic N) is 11. The minimum atomic E-state index is -2.76. The van der Waals surface area contributed by atoms with Crippen LogP contribution in [-0.4, -0.2) is 214 Å². The number of thiazole rings is 3. The number of carbonyl (C=O) groups excluding carboxylic acids is 2. The first-order valence-corrected chi connectivity index (χ1v) is 55.1. The van der Waals surface area contributed by atoms with Gasteiger partial charge in [0.2, 0.25) is 0 Å². The van der Waals surface area contributed by atoms with Gasteiger partial charge in [0.25, 0.3) is 4.43 Å². The van der Waals surface area contributed by atoms with Gasteiger partial charge in [0.05, 0.1) is 146 Å². The van der Waals surface area contributed by atoms with E-state index in [0.717, 1.165) is 273 Å². The molecule has 6 aromatic heterocycles. The summed E-state index contributed by atoms with van der Waals surface area (Å²) in [5, 5.41) is 34.1. The van der Waals surface area contributed by atoms with Gasteiger partial charge in [-0.3, -0.25) is 19.8 Å². The molecule has 149 heavy (non-hydrogen) atoms. The zero-order valence-electron chi connectivity index (χ0n) is 85.3. The molecule has 6 aliphatic heterocycles. The number of hydrogen-bond acceptors (Lipinski definition) is 23. The Morgan fingerprint density at radius 1 is 0.430 bits per heavy atom. The number of ether oxygens (including phenoxy) is 8. The van der Waals surface area contributed by atoms with E-state index >= 15 is 0 Å². The molecular formula is C112H120Cl3F6IN12O12S3. The lowest BCUT2D eigenvalue weighted by molar-refractivity contribution is -0.167. The number of nitrogens with one attached hydrogen (secondary N) is 1. The molecule has 21 rings (SSSR count). The lowest BCUT2D eigenvalue weighted by Gasteiger charge is -2.41. The second-order valence-electron chi connectivity index (χ2n) is 41.5. The van der Waals surface area contributed by atoms with Crippen LogP contribution in [0.3, 0.4) is 0 Å². The molecule has 6 fully saturated rings. The molecule has 788 valence electrons. The van der Waals surface area contributed by atoms with Gasteiger partial charge in [-0.1, -0.05) is 71.2 Å². The van der Waals surface area contributed by atoms with Crippen LogP contribution in [0.25, 0.3) is 128 Å². The van der Waals surface area contributed by atoms with Crippen LogP contribution in [0.2, 0.25) is 15.1 Å². The predicted molar refractivity (Wildman–Crippen MR) is 586 cm³/mol. The number of aryl methyl sites for hydroxylation is 3. The minimum Gasteiger partial charge on any atom is -0.479 e. The van der Waals surface area contributed by atoms with Crippen LogP contribution in [-0.2, 0) is 52.3 Å². The molecule has 12 heterocycles. The second kappa shape index (κ2) is 45.9. The van der Waals surface area contributed by atoms with Crippen molar-refractivity contribution in [2.75, 3.05) is 92.1 Å². The highest BCUT2D eigenvalue weighted by Gasteiger charge is 2.42. The number of carboxylic acid groups (broad SMARTS) is 1. The molecule has 3 atom stereocenters. The molecule has 9 aromatic carbocycles. The molecule has 0 amide bonds. The summed E-state index contributed by atoms with van der Waals surface area (Å²) in [6, 6.07) is 47.3. The number of alkyl halides is 7. The van der Waals surface area contributed by atoms with E-state index < -0.39 is 70.6 Å². The number of piperidine rings is 3. The molecule has 0 unspecified atom stereocenters. The number of hydrogen-bond donors (Lipinski definition) is 2. The highest BCUT2D eigenvalue weighted by atomic mass is 127. The molecule has 24 nitrogen and oxygen atoms in total. The fraction of sp³-hybridized carbons (Fsp3) is 0.438. The number of fused-ring (bicyclic) bond motifs is 6. The van der Waals surface area contributed by atoms with Crippen molar-refractivity contribution in [2.45, 2.75) is 224 Å². The number of rotatable bonds is 25. The molecular weight excluding hydrogens is 2150 g/mol. The van der Waals surface area contributed by atoms with Crippen LogP contribution >= 0.6 is 91.4 Å². The lowest BCUT2D eigenvalue weighted by atomic mass is 9.90. The summed E-state index contributed by atoms with van der Waals surface area (Å²) in [6.45, 7) is 31.9. The van der Waals surface area contributed by atoms with Crippen molar-refractivity contribution < 1.29 is 83.7 Å². The standard InChI is InChI=1S/C38H41ClF2N4O4S.C37H41ClN4O4S.C36H37ClF2N4O4S.CHF2I/c1-6-48-36(46)33(49-38(3,4)5)30-21(2)17-28-34(31(30)22-7-10-25(39)11-8-22)50-35(42-28)24-9-12-29-27(18-24)32(43-45(29)37(40)41)23-13-15-44(16-14-23)26-19-47-20-26;1-6-45-36(43)33(46-37(3,4)5)30-21(2)17-29-34(31(30)22-7-10-25(38)11-8-22)47-35(39-29)24-9-12-28-27(18-24)32(41-40-28)23-13-15-42(16-14-23)26-19-44-20-26;1-19-15-26-32(29(20-5-8-23(37)9-6-20)28(19)31(34(44)45)47-36(2,3)4)48-33(40-26)22-7-10-27-25(16-22)30(41-43(27)35(38)39)21-11-13-42(14-12-21)24-17-46-18-24;2-1(3)4/h7-12,17-18,23,26,33,37H,6,13-16,19-20H2,1-5H3;7-12,17-18,23,26,33H,6,13-16,19-20H2,1-5H3,(H,40,41);5-10,15-16,21,24,31,35H,11-14,17-18H2,1-4H3,(H,44,45);1H/t2*33-;31-;/m000./s1. The van der Waals surface area contributed by atoms with E-state index in [1.165, 1.54) is 28.4 Å². The average molecular weight is 2270 g/mol. The Morgan fingerprint density at radius 2 is 0.725 bits per heavy atom. The van der Waals surface area contributed by atoms with Crippen LogP contribution < -0.4 is 0 Å².